The smallest absolute Gasteiger partial charge is 0.351 e. The first kappa shape index (κ1) is 20.2. The van der Waals surface area contributed by atoms with Gasteiger partial charge in [-0.05, 0) is 42.3 Å². The molecule has 0 unspecified atom stereocenters. The lowest BCUT2D eigenvalue weighted by atomic mass is 10.0. The number of benzene rings is 3. The molecule has 0 saturated heterocycles. The number of ketones is 1. The van der Waals surface area contributed by atoms with E-state index in [-0.39, 0.29) is 22.9 Å². The molecule has 0 fully saturated rings. The molecule has 0 saturated carbocycles. The first-order valence-electron chi connectivity index (χ1n) is 9.59. The fraction of sp³-hybridized carbons (Fsp3) is 0.120. The maximum absolute atomic E-state index is 12.9. The number of allylic oxidation sites excluding steroid dienone is 1. The van der Waals surface area contributed by atoms with Crippen molar-refractivity contribution in [3.8, 4) is 23.0 Å². The van der Waals surface area contributed by atoms with E-state index in [2.05, 4.69) is 0 Å². The van der Waals surface area contributed by atoms with Crippen LogP contribution >= 0.6 is 0 Å². The zero-order valence-corrected chi connectivity index (χ0v) is 17.3. The van der Waals surface area contributed by atoms with Gasteiger partial charge in [0, 0.05) is 6.07 Å². The van der Waals surface area contributed by atoms with E-state index in [1.807, 2.05) is 30.3 Å². The number of fused-ring (bicyclic) bond motifs is 1. The molecule has 0 amide bonds. The van der Waals surface area contributed by atoms with Gasteiger partial charge >= 0.3 is 5.97 Å². The maximum atomic E-state index is 12.9. The SMILES string of the molecule is COc1cccc(OC)c1C(=O)Oc1cc(C)c2c(c1)O/C(=C\c1ccccc1)C2=O. The Morgan fingerprint density at radius 3 is 2.26 bits per heavy atom. The van der Waals surface area contributed by atoms with Crippen LogP contribution in [0.5, 0.6) is 23.0 Å². The van der Waals surface area contributed by atoms with Crippen molar-refractivity contribution in [2.24, 2.45) is 0 Å². The van der Waals surface area contributed by atoms with Crippen molar-refractivity contribution >= 4 is 17.8 Å². The minimum absolute atomic E-state index is 0.173. The second-order valence-corrected chi connectivity index (χ2v) is 6.89. The fourth-order valence-corrected chi connectivity index (χ4v) is 3.45. The average molecular weight is 416 g/mol. The third-order valence-electron chi connectivity index (χ3n) is 4.88. The summed E-state index contributed by atoms with van der Waals surface area (Å²) in [7, 11) is 2.93. The molecule has 3 aromatic carbocycles. The van der Waals surface area contributed by atoms with Crippen LogP contribution in [-0.2, 0) is 0 Å². The monoisotopic (exact) mass is 416 g/mol. The van der Waals surface area contributed by atoms with Gasteiger partial charge in [0.15, 0.2) is 5.76 Å². The first-order valence-corrected chi connectivity index (χ1v) is 9.59. The van der Waals surface area contributed by atoms with E-state index < -0.39 is 5.97 Å². The van der Waals surface area contributed by atoms with Crippen molar-refractivity contribution in [3.63, 3.8) is 0 Å². The van der Waals surface area contributed by atoms with E-state index in [0.717, 1.165) is 5.56 Å². The predicted octanol–water partition coefficient (Wildman–Crippen LogP) is 4.85. The highest BCUT2D eigenvalue weighted by Gasteiger charge is 2.30. The highest BCUT2D eigenvalue weighted by Crippen LogP contribution is 2.38. The summed E-state index contributed by atoms with van der Waals surface area (Å²) in [6, 6.07) is 17.6. The van der Waals surface area contributed by atoms with Gasteiger partial charge in [0.25, 0.3) is 0 Å². The summed E-state index contributed by atoms with van der Waals surface area (Å²) in [5.74, 6) is 0.645. The molecule has 6 nitrogen and oxygen atoms in total. The lowest BCUT2D eigenvalue weighted by Gasteiger charge is -2.13. The number of esters is 1. The van der Waals surface area contributed by atoms with Crippen molar-refractivity contribution in [1.82, 2.24) is 0 Å². The van der Waals surface area contributed by atoms with E-state index in [4.69, 9.17) is 18.9 Å². The Balaban J connectivity index is 1.64. The molecular formula is C25H20O6. The highest BCUT2D eigenvalue weighted by molar-refractivity contribution is 6.15. The summed E-state index contributed by atoms with van der Waals surface area (Å²) in [6.07, 6.45) is 1.69. The van der Waals surface area contributed by atoms with Crippen molar-refractivity contribution in [3.05, 3.63) is 88.7 Å². The maximum Gasteiger partial charge on any atom is 0.351 e. The van der Waals surface area contributed by atoms with Crippen LogP contribution in [0.1, 0.15) is 31.8 Å². The molecule has 0 N–H and O–H groups in total. The summed E-state index contributed by atoms with van der Waals surface area (Å²) in [5.41, 5.74) is 2.13. The Hall–Kier alpha value is -4.06. The molecule has 0 aliphatic carbocycles. The van der Waals surface area contributed by atoms with Crippen LogP contribution in [0.25, 0.3) is 6.08 Å². The predicted molar refractivity (Wildman–Crippen MR) is 115 cm³/mol. The molecule has 156 valence electrons. The van der Waals surface area contributed by atoms with Crippen molar-refractivity contribution in [1.29, 1.82) is 0 Å². The van der Waals surface area contributed by atoms with Crippen LogP contribution < -0.4 is 18.9 Å². The van der Waals surface area contributed by atoms with E-state index in [9.17, 15) is 9.59 Å². The molecule has 1 aliphatic heterocycles. The molecule has 0 bridgehead atoms. The lowest BCUT2D eigenvalue weighted by Crippen LogP contribution is -2.12. The number of Topliss-reactive ketones (excluding diaryl/α,β-unsaturated/α-hetero) is 1. The third-order valence-corrected chi connectivity index (χ3v) is 4.88. The summed E-state index contributed by atoms with van der Waals surface area (Å²) in [6.45, 7) is 1.77. The normalized spacial score (nSPS) is 13.5. The Labute approximate surface area is 179 Å². The molecule has 3 aromatic rings. The van der Waals surface area contributed by atoms with Crippen LogP contribution in [0.2, 0.25) is 0 Å². The lowest BCUT2D eigenvalue weighted by molar-refractivity contribution is 0.0727. The Bertz CT molecular complexity index is 1170. The van der Waals surface area contributed by atoms with E-state index in [1.165, 1.54) is 20.3 Å². The van der Waals surface area contributed by atoms with Crippen molar-refractivity contribution < 1.29 is 28.5 Å². The van der Waals surface area contributed by atoms with E-state index in [0.29, 0.717) is 28.4 Å². The van der Waals surface area contributed by atoms with Crippen LogP contribution in [-0.4, -0.2) is 26.0 Å². The molecule has 0 aromatic heterocycles. The number of ether oxygens (including phenoxy) is 4. The van der Waals surface area contributed by atoms with Crippen LogP contribution in [0, 0.1) is 6.92 Å². The molecule has 31 heavy (non-hydrogen) atoms. The topological polar surface area (TPSA) is 71.1 Å². The zero-order valence-electron chi connectivity index (χ0n) is 17.3. The number of carbonyl (C=O) groups excluding carboxylic acids is 2. The summed E-state index contributed by atoms with van der Waals surface area (Å²) < 4.78 is 21.9. The van der Waals surface area contributed by atoms with Crippen molar-refractivity contribution in [2.45, 2.75) is 6.92 Å². The highest BCUT2D eigenvalue weighted by atomic mass is 16.5. The molecule has 0 spiro atoms. The molecule has 0 radical (unpaired) electrons. The van der Waals surface area contributed by atoms with E-state index >= 15 is 0 Å². The molecule has 0 atom stereocenters. The minimum atomic E-state index is -0.641. The molecular weight excluding hydrogens is 396 g/mol. The zero-order chi connectivity index (χ0) is 22.0. The van der Waals surface area contributed by atoms with Gasteiger partial charge < -0.3 is 18.9 Å². The van der Waals surface area contributed by atoms with Gasteiger partial charge in [-0.25, -0.2) is 4.79 Å². The van der Waals surface area contributed by atoms with Gasteiger partial charge in [-0.15, -0.1) is 0 Å². The second kappa shape index (κ2) is 8.36. The molecule has 1 heterocycles. The summed E-state index contributed by atoms with van der Waals surface area (Å²) in [4.78, 5) is 25.7. The number of aryl methyl sites for hydroxylation is 1. The molecule has 4 rings (SSSR count). The first-order chi connectivity index (χ1) is 15.0. The van der Waals surface area contributed by atoms with Crippen LogP contribution in [0.4, 0.5) is 0 Å². The van der Waals surface area contributed by atoms with E-state index in [1.54, 1.807) is 37.3 Å². The fourth-order valence-electron chi connectivity index (χ4n) is 3.45. The number of hydrogen-bond acceptors (Lipinski definition) is 6. The van der Waals surface area contributed by atoms with Gasteiger partial charge in [-0.1, -0.05) is 36.4 Å². The molecule has 1 aliphatic rings. The van der Waals surface area contributed by atoms with Gasteiger partial charge in [0.2, 0.25) is 5.78 Å². The Morgan fingerprint density at radius 2 is 1.61 bits per heavy atom. The third kappa shape index (κ3) is 3.88. The summed E-state index contributed by atoms with van der Waals surface area (Å²) in [5, 5.41) is 0. The summed E-state index contributed by atoms with van der Waals surface area (Å²) >= 11 is 0. The largest absolute Gasteiger partial charge is 0.496 e. The Kier molecular flexibility index (Phi) is 5.45. The average Bonchev–Trinajstić information content (AvgIpc) is 3.09. The minimum Gasteiger partial charge on any atom is -0.496 e. The van der Waals surface area contributed by atoms with Gasteiger partial charge in [-0.2, -0.15) is 0 Å². The molecule has 6 heteroatoms. The van der Waals surface area contributed by atoms with Gasteiger partial charge in [-0.3, -0.25) is 4.79 Å². The number of rotatable bonds is 5. The standard InChI is InChI=1S/C25H20O6/c1-15-12-17(30-25(27)23-18(28-2)10-7-11-19(23)29-3)14-20-22(15)24(26)21(31-20)13-16-8-5-4-6-9-16/h4-14H,1-3H3/b21-13-. The van der Waals surface area contributed by atoms with Crippen LogP contribution in [0.15, 0.2) is 66.4 Å². The number of methoxy groups -OCH3 is 2. The van der Waals surface area contributed by atoms with Crippen LogP contribution in [0.3, 0.4) is 0 Å². The number of hydrogen-bond donors (Lipinski definition) is 0. The van der Waals surface area contributed by atoms with Gasteiger partial charge in [0.1, 0.15) is 28.6 Å². The van der Waals surface area contributed by atoms with Crippen molar-refractivity contribution in [2.75, 3.05) is 14.2 Å². The Morgan fingerprint density at radius 1 is 0.935 bits per heavy atom. The van der Waals surface area contributed by atoms with Gasteiger partial charge in [0.05, 0.1) is 19.8 Å². The quantitative estimate of drug-likeness (QED) is 0.336. The number of carbonyl (C=O) groups is 2. The second-order valence-electron chi connectivity index (χ2n) is 6.89.